The molecule has 0 saturated heterocycles. The van der Waals surface area contributed by atoms with Gasteiger partial charge in [0.05, 0.1) is 12.5 Å². The van der Waals surface area contributed by atoms with Crippen LogP contribution in [0.25, 0.3) is 11.4 Å². The van der Waals surface area contributed by atoms with Crippen molar-refractivity contribution in [3.63, 3.8) is 0 Å². The highest BCUT2D eigenvalue weighted by atomic mass is 32.1. The van der Waals surface area contributed by atoms with E-state index in [1.54, 1.807) is 11.3 Å². The smallest absolute Gasteiger partial charge is 0.306 e. The van der Waals surface area contributed by atoms with E-state index in [0.29, 0.717) is 11.7 Å². The molecule has 1 unspecified atom stereocenters. The Labute approximate surface area is 172 Å². The molecule has 0 spiro atoms. The summed E-state index contributed by atoms with van der Waals surface area (Å²) < 4.78 is 10.2. The van der Waals surface area contributed by atoms with Crippen LogP contribution in [0.5, 0.6) is 0 Å². The van der Waals surface area contributed by atoms with Crippen LogP contribution in [0.3, 0.4) is 0 Å². The predicted molar refractivity (Wildman–Crippen MR) is 107 cm³/mol. The van der Waals surface area contributed by atoms with Crippen LogP contribution in [0, 0.1) is 0 Å². The number of carbonyl (C=O) groups excluding carboxylic acids is 2. The summed E-state index contributed by atoms with van der Waals surface area (Å²) in [5.41, 5.74) is 3.30. The number of hydrogen-bond acceptors (Lipinski definition) is 7. The Morgan fingerprint density at radius 2 is 2.17 bits per heavy atom. The van der Waals surface area contributed by atoms with E-state index in [9.17, 15) is 9.59 Å². The van der Waals surface area contributed by atoms with Gasteiger partial charge in [-0.05, 0) is 41.8 Å². The highest BCUT2D eigenvalue weighted by Gasteiger charge is 2.22. The Kier molecular flexibility index (Phi) is 6.00. The van der Waals surface area contributed by atoms with Gasteiger partial charge in [0.15, 0.2) is 6.61 Å². The summed E-state index contributed by atoms with van der Waals surface area (Å²) in [6.07, 6.45) is 3.29. The molecule has 1 aromatic carbocycles. The van der Waals surface area contributed by atoms with Crippen LogP contribution >= 0.6 is 11.3 Å². The van der Waals surface area contributed by atoms with Crippen molar-refractivity contribution in [2.45, 2.75) is 38.1 Å². The van der Waals surface area contributed by atoms with Crippen LogP contribution in [0.1, 0.15) is 42.3 Å². The summed E-state index contributed by atoms with van der Waals surface area (Å²) in [7, 11) is 0. The van der Waals surface area contributed by atoms with Crippen molar-refractivity contribution in [2.75, 3.05) is 6.61 Å². The normalized spacial score (nSPS) is 15.5. The number of carbonyl (C=O) groups is 2. The number of aryl methyl sites for hydroxylation is 2. The Balaban J connectivity index is 1.21. The fraction of sp³-hybridized carbons (Fsp3) is 0.333. The van der Waals surface area contributed by atoms with Crippen molar-refractivity contribution in [3.8, 4) is 11.4 Å². The molecule has 8 heteroatoms. The van der Waals surface area contributed by atoms with E-state index in [-0.39, 0.29) is 31.4 Å². The molecule has 29 heavy (non-hydrogen) atoms. The first-order chi connectivity index (χ1) is 14.2. The van der Waals surface area contributed by atoms with Crippen LogP contribution in [0.15, 0.2) is 45.6 Å². The van der Waals surface area contributed by atoms with E-state index in [2.05, 4.69) is 21.5 Å². The number of fused-ring (bicyclic) bond motifs is 1. The van der Waals surface area contributed by atoms with Gasteiger partial charge in [-0.3, -0.25) is 9.59 Å². The monoisotopic (exact) mass is 411 g/mol. The average Bonchev–Trinajstić information content (AvgIpc) is 3.43. The molecule has 1 aliphatic rings. The molecule has 2 aromatic heterocycles. The molecule has 0 saturated carbocycles. The van der Waals surface area contributed by atoms with Crippen LogP contribution in [-0.2, 0) is 27.2 Å². The van der Waals surface area contributed by atoms with Crippen molar-refractivity contribution in [2.24, 2.45) is 0 Å². The number of esters is 1. The Bertz CT molecular complexity index is 983. The lowest BCUT2D eigenvalue weighted by atomic mass is 9.88. The topological polar surface area (TPSA) is 94.3 Å². The molecule has 0 radical (unpaired) electrons. The number of nitrogens with zero attached hydrogens (tertiary/aromatic N) is 2. The van der Waals surface area contributed by atoms with Crippen LogP contribution < -0.4 is 5.32 Å². The summed E-state index contributed by atoms with van der Waals surface area (Å²) in [5, 5.41) is 10.7. The summed E-state index contributed by atoms with van der Waals surface area (Å²) in [6, 6.07) is 9.99. The third-order valence-corrected chi connectivity index (χ3v) is 5.54. The number of ether oxygens (including phenoxy) is 1. The minimum absolute atomic E-state index is 0.0277. The van der Waals surface area contributed by atoms with Gasteiger partial charge in [-0.25, -0.2) is 0 Å². The fourth-order valence-electron chi connectivity index (χ4n) is 3.43. The molecule has 1 atom stereocenters. The molecule has 1 N–H and O–H groups in total. The quantitative estimate of drug-likeness (QED) is 0.598. The number of benzene rings is 1. The molecule has 3 aromatic rings. The second-order valence-corrected chi connectivity index (χ2v) is 7.68. The fourth-order valence-corrected chi connectivity index (χ4v) is 4.07. The van der Waals surface area contributed by atoms with Crippen LogP contribution in [-0.4, -0.2) is 28.6 Å². The first-order valence-corrected chi connectivity index (χ1v) is 10.5. The molecular formula is C21H21N3O4S. The van der Waals surface area contributed by atoms with E-state index in [1.807, 2.05) is 35.0 Å². The van der Waals surface area contributed by atoms with Crippen molar-refractivity contribution >= 4 is 23.2 Å². The van der Waals surface area contributed by atoms with Gasteiger partial charge in [0.2, 0.25) is 11.7 Å². The number of thiophene rings is 1. The van der Waals surface area contributed by atoms with Gasteiger partial charge in [-0.1, -0.05) is 29.4 Å². The summed E-state index contributed by atoms with van der Waals surface area (Å²) >= 11 is 1.55. The third kappa shape index (κ3) is 4.89. The standard InChI is InChI=1S/C21H21N3O4S/c25-18(22-17-7-3-5-14-4-1-2-6-16(14)17)12-27-20(26)9-8-19-23-21(24-28-19)15-10-11-29-13-15/h1-2,4,6,10-11,13,17H,3,5,7-9,12H2,(H,22,25). The molecule has 1 aliphatic carbocycles. The second kappa shape index (κ2) is 9.00. The summed E-state index contributed by atoms with van der Waals surface area (Å²) in [5.74, 6) is 0.102. The van der Waals surface area contributed by atoms with Crippen molar-refractivity contribution in [1.82, 2.24) is 15.5 Å². The minimum Gasteiger partial charge on any atom is -0.456 e. The largest absolute Gasteiger partial charge is 0.456 e. The molecule has 0 aliphatic heterocycles. The summed E-state index contributed by atoms with van der Waals surface area (Å²) in [6.45, 7) is -0.290. The third-order valence-electron chi connectivity index (χ3n) is 4.86. The van der Waals surface area contributed by atoms with E-state index in [1.165, 1.54) is 5.56 Å². The number of rotatable bonds is 7. The average molecular weight is 411 g/mol. The zero-order valence-corrected chi connectivity index (χ0v) is 16.6. The predicted octanol–water partition coefficient (Wildman–Crippen LogP) is 3.47. The number of hydrogen-bond donors (Lipinski definition) is 1. The van der Waals surface area contributed by atoms with Gasteiger partial charge in [0, 0.05) is 17.4 Å². The van der Waals surface area contributed by atoms with Crippen molar-refractivity contribution < 1.29 is 18.8 Å². The second-order valence-electron chi connectivity index (χ2n) is 6.90. The first-order valence-electron chi connectivity index (χ1n) is 9.57. The Morgan fingerprint density at radius 3 is 3.03 bits per heavy atom. The van der Waals surface area contributed by atoms with E-state index < -0.39 is 5.97 Å². The Hall–Kier alpha value is -3.00. The first kappa shape index (κ1) is 19.3. The van der Waals surface area contributed by atoms with E-state index in [4.69, 9.17) is 9.26 Å². The highest BCUT2D eigenvalue weighted by molar-refractivity contribution is 7.08. The SMILES string of the molecule is O=C(COC(=O)CCc1nc(-c2ccsc2)no1)NC1CCCc2ccccc21. The number of amides is 1. The maximum absolute atomic E-state index is 12.2. The highest BCUT2D eigenvalue weighted by Crippen LogP contribution is 2.29. The molecule has 1 amide bonds. The van der Waals surface area contributed by atoms with Crippen molar-refractivity contribution in [1.29, 1.82) is 0 Å². The van der Waals surface area contributed by atoms with E-state index in [0.717, 1.165) is 30.4 Å². The lowest BCUT2D eigenvalue weighted by molar-refractivity contribution is -0.148. The minimum atomic E-state index is -0.473. The van der Waals surface area contributed by atoms with Gasteiger partial charge < -0.3 is 14.6 Å². The van der Waals surface area contributed by atoms with Gasteiger partial charge in [-0.2, -0.15) is 16.3 Å². The zero-order chi connectivity index (χ0) is 20.1. The number of nitrogens with one attached hydrogen (secondary N) is 1. The lowest BCUT2D eigenvalue weighted by Crippen LogP contribution is -2.34. The molecule has 7 nitrogen and oxygen atoms in total. The molecular weight excluding hydrogens is 390 g/mol. The summed E-state index contributed by atoms with van der Waals surface area (Å²) in [4.78, 5) is 28.4. The molecule has 0 bridgehead atoms. The van der Waals surface area contributed by atoms with Crippen LogP contribution in [0.4, 0.5) is 0 Å². The molecule has 0 fully saturated rings. The van der Waals surface area contributed by atoms with Gasteiger partial charge in [0.1, 0.15) is 0 Å². The maximum atomic E-state index is 12.2. The number of aromatic nitrogens is 2. The van der Waals surface area contributed by atoms with Gasteiger partial charge in [0.25, 0.3) is 5.91 Å². The van der Waals surface area contributed by atoms with Gasteiger partial charge >= 0.3 is 5.97 Å². The van der Waals surface area contributed by atoms with Crippen LogP contribution in [0.2, 0.25) is 0 Å². The van der Waals surface area contributed by atoms with Gasteiger partial charge in [-0.15, -0.1) is 0 Å². The Morgan fingerprint density at radius 1 is 1.28 bits per heavy atom. The zero-order valence-electron chi connectivity index (χ0n) is 15.8. The molecule has 4 rings (SSSR count). The van der Waals surface area contributed by atoms with E-state index >= 15 is 0 Å². The molecule has 150 valence electrons. The van der Waals surface area contributed by atoms with Crippen molar-refractivity contribution in [3.05, 3.63) is 58.1 Å². The maximum Gasteiger partial charge on any atom is 0.306 e. The lowest BCUT2D eigenvalue weighted by Gasteiger charge is -2.26. The molecule has 2 heterocycles.